The number of amides is 2. The maximum Gasteiger partial charge on any atom is 0.245 e. The molecule has 1 unspecified atom stereocenters. The number of amidine groups is 1. The summed E-state index contributed by atoms with van der Waals surface area (Å²) in [5.74, 6) is -1.24. The third-order valence-corrected chi connectivity index (χ3v) is 3.47. The van der Waals surface area contributed by atoms with Crippen LogP contribution in [0.25, 0.3) is 0 Å². The fourth-order valence-corrected chi connectivity index (χ4v) is 2.23. The minimum absolute atomic E-state index is 0.103. The molecule has 1 fully saturated rings. The van der Waals surface area contributed by atoms with Crippen LogP contribution in [0.2, 0.25) is 0 Å². The predicted molar refractivity (Wildman–Crippen MR) is 70.6 cm³/mol. The second-order valence-corrected chi connectivity index (χ2v) is 5.17. The smallest absolute Gasteiger partial charge is 0.245 e. The van der Waals surface area contributed by atoms with Crippen LogP contribution in [0.3, 0.4) is 0 Å². The summed E-state index contributed by atoms with van der Waals surface area (Å²) in [7, 11) is 0. The highest BCUT2D eigenvalue weighted by Crippen LogP contribution is 2.22. The first kappa shape index (κ1) is 15.3. The van der Waals surface area contributed by atoms with Gasteiger partial charge in [0.05, 0.1) is 5.92 Å². The van der Waals surface area contributed by atoms with Gasteiger partial charge in [-0.15, -0.1) is 0 Å². The Morgan fingerprint density at radius 3 is 2.79 bits per heavy atom. The van der Waals surface area contributed by atoms with E-state index < -0.39 is 11.5 Å². The Bertz CT molecular complexity index is 392. The van der Waals surface area contributed by atoms with E-state index in [1.54, 1.807) is 13.8 Å². The minimum atomic E-state index is -0.920. The normalized spacial score (nSPS) is 20.9. The van der Waals surface area contributed by atoms with Gasteiger partial charge in [-0.2, -0.15) is 0 Å². The van der Waals surface area contributed by atoms with Crippen LogP contribution >= 0.6 is 0 Å². The number of hydrogen-bond acceptors (Lipinski definition) is 4. The van der Waals surface area contributed by atoms with Gasteiger partial charge in [0.2, 0.25) is 11.8 Å². The fourth-order valence-electron chi connectivity index (χ4n) is 2.23. The van der Waals surface area contributed by atoms with Crippen LogP contribution in [0, 0.1) is 5.92 Å². The summed E-state index contributed by atoms with van der Waals surface area (Å²) in [6.45, 7) is 6.14. The van der Waals surface area contributed by atoms with Crippen LogP contribution in [-0.4, -0.2) is 46.4 Å². The van der Waals surface area contributed by atoms with E-state index in [0.29, 0.717) is 19.5 Å². The minimum Gasteiger partial charge on any atom is -0.409 e. The summed E-state index contributed by atoms with van der Waals surface area (Å²) >= 11 is 0. The second kappa shape index (κ2) is 5.90. The van der Waals surface area contributed by atoms with E-state index in [1.165, 1.54) is 4.90 Å². The second-order valence-electron chi connectivity index (χ2n) is 5.17. The molecule has 0 aromatic carbocycles. The zero-order chi connectivity index (χ0) is 14.6. The molecule has 1 atom stereocenters. The molecule has 7 nitrogen and oxygen atoms in total. The SMILES string of the molecule is CCCC(C(=O)N1CCNC(=O)C1(C)C)C(N)=NO. The lowest BCUT2D eigenvalue weighted by atomic mass is 9.93. The average Bonchev–Trinajstić information content (AvgIpc) is 2.37. The Morgan fingerprint density at radius 2 is 2.26 bits per heavy atom. The lowest BCUT2D eigenvalue weighted by Gasteiger charge is -2.42. The molecule has 2 amide bonds. The molecular weight excluding hydrogens is 248 g/mol. The first-order chi connectivity index (χ1) is 8.86. The molecule has 1 heterocycles. The van der Waals surface area contributed by atoms with Crippen molar-refractivity contribution in [3.8, 4) is 0 Å². The highest BCUT2D eigenvalue weighted by atomic mass is 16.4. The maximum atomic E-state index is 12.5. The van der Waals surface area contributed by atoms with Gasteiger partial charge in [-0.05, 0) is 20.3 Å². The molecule has 0 saturated carbocycles. The van der Waals surface area contributed by atoms with Gasteiger partial charge >= 0.3 is 0 Å². The summed E-state index contributed by atoms with van der Waals surface area (Å²) in [5, 5.41) is 14.4. The van der Waals surface area contributed by atoms with Crippen molar-refractivity contribution in [1.82, 2.24) is 10.2 Å². The van der Waals surface area contributed by atoms with E-state index in [2.05, 4.69) is 10.5 Å². The monoisotopic (exact) mass is 270 g/mol. The molecule has 108 valence electrons. The van der Waals surface area contributed by atoms with Crippen molar-refractivity contribution in [2.75, 3.05) is 13.1 Å². The number of nitrogens with one attached hydrogen (secondary N) is 1. The summed E-state index contributed by atoms with van der Waals surface area (Å²) in [6.07, 6.45) is 1.22. The standard InChI is InChI=1S/C12H22N4O3/c1-4-5-8(9(13)15-19)10(17)16-7-6-14-11(18)12(16,2)3/h8,19H,4-7H2,1-3H3,(H2,13,15)(H,14,18). The van der Waals surface area contributed by atoms with Gasteiger partial charge in [0.25, 0.3) is 0 Å². The number of nitrogens with zero attached hydrogens (tertiary/aromatic N) is 2. The first-order valence-corrected chi connectivity index (χ1v) is 6.43. The molecule has 0 aromatic rings. The number of hydrogen-bond donors (Lipinski definition) is 3. The third kappa shape index (κ3) is 2.97. The van der Waals surface area contributed by atoms with E-state index in [-0.39, 0.29) is 17.6 Å². The molecule has 0 radical (unpaired) electrons. The molecule has 0 spiro atoms. The van der Waals surface area contributed by atoms with Crippen molar-refractivity contribution >= 4 is 17.6 Å². The number of carbonyl (C=O) groups is 2. The molecule has 7 heteroatoms. The van der Waals surface area contributed by atoms with Crippen LogP contribution in [0.5, 0.6) is 0 Å². The van der Waals surface area contributed by atoms with Gasteiger partial charge in [0, 0.05) is 13.1 Å². The number of rotatable bonds is 4. The molecule has 1 saturated heterocycles. The molecule has 4 N–H and O–H groups in total. The maximum absolute atomic E-state index is 12.5. The zero-order valence-electron chi connectivity index (χ0n) is 11.6. The fraction of sp³-hybridized carbons (Fsp3) is 0.750. The van der Waals surface area contributed by atoms with Crippen molar-refractivity contribution in [3.63, 3.8) is 0 Å². The topological polar surface area (TPSA) is 108 Å². The van der Waals surface area contributed by atoms with E-state index in [4.69, 9.17) is 10.9 Å². The van der Waals surface area contributed by atoms with Gasteiger partial charge in [-0.25, -0.2) is 0 Å². The quantitative estimate of drug-likeness (QED) is 0.286. The van der Waals surface area contributed by atoms with Crippen molar-refractivity contribution in [2.45, 2.75) is 39.2 Å². The number of nitrogens with two attached hydrogens (primary N) is 1. The summed E-state index contributed by atoms with van der Waals surface area (Å²) < 4.78 is 0. The Labute approximate surface area is 112 Å². The van der Waals surface area contributed by atoms with E-state index in [0.717, 1.165) is 6.42 Å². The predicted octanol–water partition coefficient (Wildman–Crippen LogP) is -0.114. The zero-order valence-corrected chi connectivity index (χ0v) is 11.6. The highest BCUT2D eigenvalue weighted by molar-refractivity contribution is 6.04. The average molecular weight is 270 g/mol. The third-order valence-electron chi connectivity index (χ3n) is 3.47. The largest absolute Gasteiger partial charge is 0.409 e. The van der Waals surface area contributed by atoms with Crippen molar-refractivity contribution in [3.05, 3.63) is 0 Å². The molecule has 0 aliphatic carbocycles. The van der Waals surface area contributed by atoms with Crippen LogP contribution in [-0.2, 0) is 9.59 Å². The van der Waals surface area contributed by atoms with Gasteiger partial charge in [-0.3, -0.25) is 9.59 Å². The molecular formula is C12H22N4O3. The first-order valence-electron chi connectivity index (χ1n) is 6.43. The van der Waals surface area contributed by atoms with Crippen LogP contribution in [0.1, 0.15) is 33.6 Å². The van der Waals surface area contributed by atoms with Crippen molar-refractivity contribution < 1.29 is 14.8 Å². The van der Waals surface area contributed by atoms with Crippen LogP contribution in [0.4, 0.5) is 0 Å². The van der Waals surface area contributed by atoms with E-state index in [9.17, 15) is 9.59 Å². The Hall–Kier alpha value is -1.79. The lowest BCUT2D eigenvalue weighted by molar-refractivity contribution is -0.150. The van der Waals surface area contributed by atoms with E-state index >= 15 is 0 Å². The van der Waals surface area contributed by atoms with Gasteiger partial charge in [0.1, 0.15) is 5.54 Å². The van der Waals surface area contributed by atoms with Crippen molar-refractivity contribution in [1.29, 1.82) is 0 Å². The van der Waals surface area contributed by atoms with Crippen LogP contribution in [0.15, 0.2) is 5.16 Å². The number of piperazine rings is 1. The Balaban J connectivity index is 2.98. The Morgan fingerprint density at radius 1 is 1.63 bits per heavy atom. The van der Waals surface area contributed by atoms with E-state index in [1.807, 2.05) is 6.92 Å². The molecule has 0 aromatic heterocycles. The van der Waals surface area contributed by atoms with Gasteiger partial charge in [0.15, 0.2) is 5.84 Å². The molecule has 19 heavy (non-hydrogen) atoms. The molecule has 0 bridgehead atoms. The van der Waals surface area contributed by atoms with Gasteiger partial charge in [-0.1, -0.05) is 18.5 Å². The summed E-state index contributed by atoms with van der Waals surface area (Å²) in [5.41, 5.74) is 4.67. The summed E-state index contributed by atoms with van der Waals surface area (Å²) in [4.78, 5) is 25.9. The molecule has 1 aliphatic heterocycles. The number of carbonyl (C=O) groups excluding carboxylic acids is 2. The van der Waals surface area contributed by atoms with Crippen molar-refractivity contribution in [2.24, 2.45) is 16.8 Å². The Kier molecular flexibility index (Phi) is 4.74. The molecule has 1 aliphatic rings. The lowest BCUT2D eigenvalue weighted by Crippen LogP contribution is -2.65. The number of oxime groups is 1. The summed E-state index contributed by atoms with van der Waals surface area (Å²) in [6, 6.07) is 0. The molecule has 1 rings (SSSR count). The highest BCUT2D eigenvalue weighted by Gasteiger charge is 2.43. The van der Waals surface area contributed by atoms with Gasteiger partial charge < -0.3 is 21.2 Å². The van der Waals surface area contributed by atoms with Crippen LogP contribution < -0.4 is 11.1 Å².